The van der Waals surface area contributed by atoms with Crippen LogP contribution in [0.15, 0.2) is 54.2 Å². The average molecular weight is 593 g/mol. The highest BCUT2D eigenvalue weighted by atomic mass is 19.4. The van der Waals surface area contributed by atoms with Crippen molar-refractivity contribution in [2.24, 2.45) is 0 Å². The number of nitrogens with one attached hydrogen (secondary N) is 1. The molecule has 0 radical (unpaired) electrons. The molecule has 0 bridgehead atoms. The number of benzene rings is 2. The number of anilines is 1. The third kappa shape index (κ3) is 7.14. The van der Waals surface area contributed by atoms with E-state index in [2.05, 4.69) is 15.2 Å². The third-order valence-corrected chi connectivity index (χ3v) is 8.34. The van der Waals surface area contributed by atoms with Gasteiger partial charge < -0.3 is 15.3 Å². The molecule has 1 saturated heterocycles. The second-order valence-electron chi connectivity index (χ2n) is 11.6. The number of rotatable bonds is 10. The molecule has 1 aromatic heterocycles. The number of carboxylic acid groups (broad SMARTS) is 1. The van der Waals surface area contributed by atoms with Gasteiger partial charge in [-0.25, -0.2) is 4.79 Å². The highest BCUT2D eigenvalue weighted by molar-refractivity contribution is 5.98. The van der Waals surface area contributed by atoms with Gasteiger partial charge in [-0.05, 0) is 73.5 Å². The summed E-state index contributed by atoms with van der Waals surface area (Å²) in [7, 11) is 3.96. The number of carboxylic acids is 1. The molecule has 2 heterocycles. The number of hydrogen-bond donors (Lipinski definition) is 2. The van der Waals surface area contributed by atoms with Crippen LogP contribution in [-0.2, 0) is 36.9 Å². The molecule has 1 aliphatic carbocycles. The second kappa shape index (κ2) is 12.3. The van der Waals surface area contributed by atoms with Gasteiger partial charge in [0.1, 0.15) is 0 Å². The highest BCUT2D eigenvalue weighted by Crippen LogP contribution is 2.34. The van der Waals surface area contributed by atoms with E-state index in [0.29, 0.717) is 36.7 Å². The zero-order valence-electron chi connectivity index (χ0n) is 24.5. The molecule has 0 amide bonds. The SMILES string of the molecule is Cc1ccc(CC(=O)c2ccc(CN3CC[C@H](N(C)C)C3)c(C(F)(F)F)c2)cc1CNc1cnc2c(c1)C=C(C(=O)O)C2. The van der Waals surface area contributed by atoms with Crippen LogP contribution in [0.3, 0.4) is 0 Å². The fraction of sp³-hybridized carbons (Fsp3) is 0.364. The predicted molar refractivity (Wildman–Crippen MR) is 159 cm³/mol. The third-order valence-electron chi connectivity index (χ3n) is 8.34. The van der Waals surface area contributed by atoms with E-state index in [9.17, 15) is 27.9 Å². The van der Waals surface area contributed by atoms with Gasteiger partial charge in [0.15, 0.2) is 5.78 Å². The largest absolute Gasteiger partial charge is 0.478 e. The molecule has 1 atom stereocenters. The van der Waals surface area contributed by atoms with E-state index >= 15 is 0 Å². The monoisotopic (exact) mass is 592 g/mol. The van der Waals surface area contributed by atoms with Gasteiger partial charge in [0.25, 0.3) is 0 Å². The Labute approximate surface area is 249 Å². The Hall–Kier alpha value is -4.02. The molecule has 2 aliphatic rings. The quantitative estimate of drug-likeness (QED) is 0.296. The van der Waals surface area contributed by atoms with Gasteiger partial charge in [-0.1, -0.05) is 30.3 Å². The first-order valence-electron chi connectivity index (χ1n) is 14.2. The number of likely N-dealkylation sites (N-methyl/N-ethyl adjacent to an activating group) is 1. The molecule has 0 spiro atoms. The van der Waals surface area contributed by atoms with Crippen LogP contribution in [0.4, 0.5) is 18.9 Å². The molecule has 2 N–H and O–H groups in total. The molecule has 226 valence electrons. The van der Waals surface area contributed by atoms with Crippen LogP contribution in [-0.4, -0.2) is 64.9 Å². The normalized spacial score (nSPS) is 16.8. The highest BCUT2D eigenvalue weighted by Gasteiger charge is 2.35. The van der Waals surface area contributed by atoms with E-state index in [-0.39, 0.29) is 29.9 Å². The van der Waals surface area contributed by atoms with Crippen molar-refractivity contribution in [1.82, 2.24) is 14.8 Å². The Morgan fingerprint density at radius 2 is 1.91 bits per heavy atom. The smallest absolute Gasteiger partial charge is 0.416 e. The van der Waals surface area contributed by atoms with Crippen LogP contribution in [0.25, 0.3) is 6.08 Å². The van der Waals surface area contributed by atoms with Crippen molar-refractivity contribution in [3.8, 4) is 0 Å². The Morgan fingerprint density at radius 3 is 2.60 bits per heavy atom. The maximum Gasteiger partial charge on any atom is 0.416 e. The molecule has 0 unspecified atom stereocenters. The number of pyridine rings is 1. The molecule has 2 aromatic carbocycles. The molecular formula is C33H35F3N4O3. The summed E-state index contributed by atoms with van der Waals surface area (Å²) < 4.78 is 42.2. The van der Waals surface area contributed by atoms with Gasteiger partial charge in [-0.2, -0.15) is 13.2 Å². The number of aromatic nitrogens is 1. The number of halogens is 3. The minimum Gasteiger partial charge on any atom is -0.478 e. The zero-order chi connectivity index (χ0) is 30.9. The van der Waals surface area contributed by atoms with Gasteiger partial charge in [0.2, 0.25) is 0 Å². The van der Waals surface area contributed by atoms with Crippen molar-refractivity contribution < 1.29 is 27.9 Å². The molecule has 0 saturated carbocycles. The Balaban J connectivity index is 1.27. The molecule has 3 aromatic rings. The molecular weight excluding hydrogens is 557 g/mol. The van der Waals surface area contributed by atoms with Crippen molar-refractivity contribution in [1.29, 1.82) is 0 Å². The van der Waals surface area contributed by atoms with Crippen molar-refractivity contribution >= 4 is 23.5 Å². The lowest BCUT2D eigenvalue weighted by Crippen LogP contribution is -2.31. The number of Topliss-reactive ketones (excluding diaryl/α,β-unsaturated/α-hetero) is 1. The van der Waals surface area contributed by atoms with E-state index in [0.717, 1.165) is 47.1 Å². The van der Waals surface area contributed by atoms with E-state index in [4.69, 9.17) is 0 Å². The summed E-state index contributed by atoms with van der Waals surface area (Å²) in [6.07, 6.45) is -0.101. The molecule has 1 fully saturated rings. The fourth-order valence-corrected chi connectivity index (χ4v) is 5.72. The summed E-state index contributed by atoms with van der Waals surface area (Å²) in [6.45, 7) is 4.01. The average Bonchev–Trinajstić information content (AvgIpc) is 3.60. The number of nitrogens with zero attached hydrogens (tertiary/aromatic N) is 3. The number of carbonyl (C=O) groups excluding carboxylic acids is 1. The Morgan fingerprint density at radius 1 is 1.12 bits per heavy atom. The van der Waals surface area contributed by atoms with E-state index in [1.54, 1.807) is 12.3 Å². The standard InChI is InChI=1S/C33H35F3N4O3/c1-20-4-5-21(10-26(20)16-37-27-13-24-12-25(32(42)43)15-30(24)38-17-27)11-31(41)22-6-7-23(29(14-22)33(34,35)36)18-40-9-8-28(19-40)39(2)3/h4-7,10,12-14,17,28,37H,8-9,11,15-16,18-19H2,1-3H3,(H,42,43)/t28-/m0/s1. The van der Waals surface area contributed by atoms with Gasteiger partial charge >= 0.3 is 12.1 Å². The number of hydrogen-bond acceptors (Lipinski definition) is 6. The van der Waals surface area contributed by atoms with Crippen LogP contribution < -0.4 is 5.32 Å². The topological polar surface area (TPSA) is 85.8 Å². The molecule has 7 nitrogen and oxygen atoms in total. The van der Waals surface area contributed by atoms with Crippen LogP contribution in [0.5, 0.6) is 0 Å². The molecule has 1 aliphatic heterocycles. The van der Waals surface area contributed by atoms with Crippen molar-refractivity contribution in [2.45, 2.75) is 51.5 Å². The lowest BCUT2D eigenvalue weighted by atomic mass is 9.96. The predicted octanol–water partition coefficient (Wildman–Crippen LogP) is 5.61. The van der Waals surface area contributed by atoms with Gasteiger partial charge in [0.05, 0.1) is 23.1 Å². The first-order chi connectivity index (χ1) is 20.4. The van der Waals surface area contributed by atoms with Gasteiger partial charge in [0, 0.05) is 56.2 Å². The van der Waals surface area contributed by atoms with Crippen molar-refractivity contribution in [3.05, 3.63) is 98.9 Å². The maximum atomic E-state index is 14.1. The van der Waals surface area contributed by atoms with E-state index in [1.165, 1.54) is 12.1 Å². The lowest BCUT2D eigenvalue weighted by molar-refractivity contribution is -0.138. The van der Waals surface area contributed by atoms with Crippen molar-refractivity contribution in [3.63, 3.8) is 0 Å². The Bertz CT molecular complexity index is 1580. The number of fused-ring (bicyclic) bond motifs is 1. The van der Waals surface area contributed by atoms with E-state index in [1.807, 2.05) is 50.2 Å². The number of aliphatic carboxylic acids is 1. The lowest BCUT2D eigenvalue weighted by Gasteiger charge is -2.22. The Kier molecular flexibility index (Phi) is 8.71. The number of aryl methyl sites for hydroxylation is 1. The number of carbonyl (C=O) groups is 2. The van der Waals surface area contributed by atoms with Crippen LogP contribution >= 0.6 is 0 Å². The minimum absolute atomic E-state index is 0.0241. The molecule has 5 rings (SSSR count). The van der Waals surface area contributed by atoms with Crippen molar-refractivity contribution in [2.75, 3.05) is 32.5 Å². The fourth-order valence-electron chi connectivity index (χ4n) is 5.72. The summed E-state index contributed by atoms with van der Waals surface area (Å²) in [6, 6.07) is 11.7. The number of alkyl halides is 3. The summed E-state index contributed by atoms with van der Waals surface area (Å²) in [4.78, 5) is 33.0. The van der Waals surface area contributed by atoms with Crippen LogP contribution in [0.1, 0.15) is 55.9 Å². The zero-order valence-corrected chi connectivity index (χ0v) is 24.5. The summed E-state index contributed by atoms with van der Waals surface area (Å²) in [5.41, 5.74) is 4.62. The number of ketones is 1. The second-order valence-corrected chi connectivity index (χ2v) is 11.6. The van der Waals surface area contributed by atoms with E-state index < -0.39 is 17.7 Å². The summed E-state index contributed by atoms with van der Waals surface area (Å²) in [5, 5.41) is 12.5. The number of likely N-dealkylation sites (tertiary alicyclic amines) is 1. The van der Waals surface area contributed by atoms with Gasteiger partial charge in [-0.15, -0.1) is 0 Å². The van der Waals surface area contributed by atoms with Gasteiger partial charge in [-0.3, -0.25) is 14.7 Å². The molecule has 10 heteroatoms. The maximum absolute atomic E-state index is 14.1. The minimum atomic E-state index is -4.56. The first kappa shape index (κ1) is 30.4. The first-order valence-corrected chi connectivity index (χ1v) is 14.2. The van der Waals surface area contributed by atoms with Crippen LogP contribution in [0, 0.1) is 6.92 Å². The molecule has 43 heavy (non-hydrogen) atoms. The summed E-state index contributed by atoms with van der Waals surface area (Å²) >= 11 is 0. The summed E-state index contributed by atoms with van der Waals surface area (Å²) in [5.74, 6) is -1.34. The van der Waals surface area contributed by atoms with Crippen LogP contribution in [0.2, 0.25) is 0 Å².